The fourth-order valence-electron chi connectivity index (χ4n) is 3.76. The van der Waals surface area contributed by atoms with Gasteiger partial charge in [0.05, 0.1) is 34.7 Å². The van der Waals surface area contributed by atoms with Gasteiger partial charge in [-0.25, -0.2) is 9.37 Å². The fourth-order valence-corrected chi connectivity index (χ4v) is 4.17. The molecule has 9 heteroatoms. The normalized spacial score (nSPS) is 11.6. The van der Waals surface area contributed by atoms with E-state index in [1.165, 1.54) is 6.07 Å². The van der Waals surface area contributed by atoms with E-state index in [1.807, 2.05) is 26.0 Å². The largest absolute Gasteiger partial charge is 0.486 e. The van der Waals surface area contributed by atoms with E-state index in [1.54, 1.807) is 49.7 Å². The molecule has 0 aliphatic heterocycles. The van der Waals surface area contributed by atoms with Crippen molar-refractivity contribution in [3.8, 4) is 22.8 Å². The summed E-state index contributed by atoms with van der Waals surface area (Å²) in [6.07, 6.45) is 2.83. The van der Waals surface area contributed by atoms with E-state index in [2.05, 4.69) is 30.9 Å². The Morgan fingerprint density at radius 3 is 2.50 bits per heavy atom. The van der Waals surface area contributed by atoms with Gasteiger partial charge in [-0.05, 0) is 85.9 Å². The Morgan fingerprint density at radius 1 is 1.06 bits per heavy atom. The van der Waals surface area contributed by atoms with E-state index < -0.39 is 11.4 Å². The predicted octanol–water partition coefficient (Wildman–Crippen LogP) is 5.32. The first-order valence-electron chi connectivity index (χ1n) is 11.3. The molecule has 0 spiro atoms. The highest BCUT2D eigenvalue weighted by atomic mass is 79.9. The molecular formula is C27H26BrFN4O3. The van der Waals surface area contributed by atoms with Crippen molar-refractivity contribution in [1.82, 2.24) is 19.5 Å². The molecule has 0 unspecified atom stereocenters. The average Bonchev–Trinajstić information content (AvgIpc) is 2.82. The summed E-state index contributed by atoms with van der Waals surface area (Å²) < 4.78 is 21.1. The molecule has 0 saturated heterocycles. The molecule has 0 bridgehead atoms. The van der Waals surface area contributed by atoms with Crippen molar-refractivity contribution in [2.24, 2.45) is 0 Å². The van der Waals surface area contributed by atoms with Crippen LogP contribution in [0.1, 0.15) is 42.1 Å². The molecule has 0 radical (unpaired) electrons. The highest BCUT2D eigenvalue weighted by molar-refractivity contribution is 9.10. The number of pyridine rings is 4. The van der Waals surface area contributed by atoms with Crippen molar-refractivity contribution < 1.29 is 14.2 Å². The van der Waals surface area contributed by atoms with E-state index in [0.717, 1.165) is 11.8 Å². The molecule has 0 aliphatic rings. The second-order valence-corrected chi connectivity index (χ2v) is 9.93. The van der Waals surface area contributed by atoms with Crippen LogP contribution < -0.4 is 10.3 Å². The molecule has 0 amide bonds. The van der Waals surface area contributed by atoms with E-state index in [9.17, 15) is 14.3 Å². The maximum Gasteiger partial charge on any atom is 0.273 e. The standard InChI is InChI=1S/C27H26BrFN4O3/c1-15-9-18(29)13-31-21(15)14-36-23-10-17(3)33(26(34)25(23)28)22-11-20(30-12-16(22)2)19-7-6-8-24(32-19)27(4,5)35/h6-13,35H,14H2,1-5H3. The van der Waals surface area contributed by atoms with Gasteiger partial charge < -0.3 is 9.84 Å². The molecule has 7 nitrogen and oxygen atoms in total. The highest BCUT2D eigenvalue weighted by Gasteiger charge is 2.20. The molecule has 4 aromatic rings. The quantitative estimate of drug-likeness (QED) is 0.348. The Hall–Kier alpha value is -3.43. The van der Waals surface area contributed by atoms with Crippen LogP contribution in [0.25, 0.3) is 17.1 Å². The van der Waals surface area contributed by atoms with Crippen LogP contribution in [0.4, 0.5) is 4.39 Å². The maximum atomic E-state index is 13.4. The molecule has 4 heterocycles. The molecule has 0 aliphatic carbocycles. The summed E-state index contributed by atoms with van der Waals surface area (Å²) in [5.74, 6) is -0.0456. The Morgan fingerprint density at radius 2 is 1.81 bits per heavy atom. The van der Waals surface area contributed by atoms with Crippen molar-refractivity contribution in [1.29, 1.82) is 0 Å². The van der Waals surface area contributed by atoms with Crippen molar-refractivity contribution in [3.63, 3.8) is 0 Å². The summed E-state index contributed by atoms with van der Waals surface area (Å²) in [5, 5.41) is 10.3. The number of aliphatic hydroxyl groups is 1. The third-order valence-corrected chi connectivity index (χ3v) is 6.50. The van der Waals surface area contributed by atoms with Gasteiger partial charge in [0.1, 0.15) is 28.2 Å². The molecule has 186 valence electrons. The molecule has 1 N–H and O–H groups in total. The summed E-state index contributed by atoms with van der Waals surface area (Å²) in [4.78, 5) is 26.6. The summed E-state index contributed by atoms with van der Waals surface area (Å²) in [6, 6.07) is 10.3. The lowest BCUT2D eigenvalue weighted by Gasteiger charge is -2.18. The number of ether oxygens (including phenoxy) is 1. The maximum absolute atomic E-state index is 13.4. The van der Waals surface area contributed by atoms with E-state index in [-0.39, 0.29) is 16.6 Å². The van der Waals surface area contributed by atoms with Gasteiger partial charge in [0.2, 0.25) is 0 Å². The Labute approximate surface area is 216 Å². The molecule has 4 aromatic heterocycles. The third-order valence-electron chi connectivity index (χ3n) is 5.77. The van der Waals surface area contributed by atoms with Gasteiger partial charge >= 0.3 is 0 Å². The fraction of sp³-hybridized carbons (Fsp3) is 0.259. The number of halogens is 2. The van der Waals surface area contributed by atoms with E-state index in [0.29, 0.717) is 45.5 Å². The van der Waals surface area contributed by atoms with Gasteiger partial charge in [-0.2, -0.15) is 0 Å². The van der Waals surface area contributed by atoms with Gasteiger partial charge in [-0.3, -0.25) is 19.3 Å². The van der Waals surface area contributed by atoms with Gasteiger partial charge in [0.15, 0.2) is 0 Å². The van der Waals surface area contributed by atoms with E-state index in [4.69, 9.17) is 4.74 Å². The molecule has 0 saturated carbocycles. The Kier molecular flexibility index (Phi) is 7.06. The SMILES string of the molecule is Cc1cnc(-c2cccc(C(C)(C)O)n2)cc1-n1c(C)cc(OCc2ncc(F)cc2C)c(Br)c1=O. The lowest BCUT2D eigenvalue weighted by molar-refractivity contribution is 0.0740. The van der Waals surface area contributed by atoms with Crippen LogP contribution in [0.2, 0.25) is 0 Å². The summed E-state index contributed by atoms with van der Waals surface area (Å²) in [6.45, 7) is 8.88. The number of aromatic nitrogens is 4. The van der Waals surface area contributed by atoms with Crippen LogP contribution in [-0.2, 0) is 12.2 Å². The zero-order valence-corrected chi connectivity index (χ0v) is 22.2. The minimum absolute atomic E-state index is 0.0925. The van der Waals surface area contributed by atoms with Crippen LogP contribution in [0.15, 0.2) is 58.1 Å². The van der Waals surface area contributed by atoms with Crippen LogP contribution >= 0.6 is 15.9 Å². The topological polar surface area (TPSA) is 90.1 Å². The summed E-state index contributed by atoms with van der Waals surface area (Å²) in [7, 11) is 0. The lowest BCUT2D eigenvalue weighted by atomic mass is 10.0. The summed E-state index contributed by atoms with van der Waals surface area (Å²) in [5.41, 5.74) is 3.64. The second-order valence-electron chi connectivity index (χ2n) is 9.13. The van der Waals surface area contributed by atoms with Gasteiger partial charge in [0, 0.05) is 18.0 Å². The van der Waals surface area contributed by atoms with Crippen molar-refractivity contribution in [3.05, 3.63) is 97.6 Å². The molecule has 0 aromatic carbocycles. The van der Waals surface area contributed by atoms with Crippen LogP contribution in [0, 0.1) is 26.6 Å². The molecule has 0 fully saturated rings. The first kappa shape index (κ1) is 25.7. The Bertz CT molecular complexity index is 1510. The summed E-state index contributed by atoms with van der Waals surface area (Å²) >= 11 is 3.39. The minimum Gasteiger partial charge on any atom is -0.486 e. The second kappa shape index (κ2) is 9.91. The van der Waals surface area contributed by atoms with Gasteiger partial charge in [-0.1, -0.05) is 6.07 Å². The average molecular weight is 553 g/mol. The van der Waals surface area contributed by atoms with Crippen LogP contribution in [0.3, 0.4) is 0 Å². The van der Waals surface area contributed by atoms with E-state index >= 15 is 0 Å². The van der Waals surface area contributed by atoms with Crippen molar-refractivity contribution >= 4 is 15.9 Å². The number of aryl methyl sites for hydroxylation is 3. The molecule has 36 heavy (non-hydrogen) atoms. The Balaban J connectivity index is 1.72. The predicted molar refractivity (Wildman–Crippen MR) is 139 cm³/mol. The minimum atomic E-state index is -1.10. The number of hydrogen-bond donors (Lipinski definition) is 1. The molecule has 4 rings (SSSR count). The van der Waals surface area contributed by atoms with Crippen molar-refractivity contribution in [2.75, 3.05) is 0 Å². The molecule has 0 atom stereocenters. The molecular weight excluding hydrogens is 527 g/mol. The highest BCUT2D eigenvalue weighted by Crippen LogP contribution is 2.28. The zero-order chi connectivity index (χ0) is 26.2. The van der Waals surface area contributed by atoms with Crippen molar-refractivity contribution in [2.45, 2.75) is 46.8 Å². The first-order valence-corrected chi connectivity index (χ1v) is 12.1. The first-order chi connectivity index (χ1) is 17.0. The number of rotatable bonds is 6. The lowest BCUT2D eigenvalue weighted by Crippen LogP contribution is -2.23. The monoisotopic (exact) mass is 552 g/mol. The van der Waals surface area contributed by atoms with Crippen LogP contribution in [-0.4, -0.2) is 24.6 Å². The third kappa shape index (κ3) is 5.22. The van der Waals surface area contributed by atoms with Crippen LogP contribution in [0.5, 0.6) is 5.75 Å². The van der Waals surface area contributed by atoms with Gasteiger partial charge in [-0.15, -0.1) is 0 Å². The number of hydrogen-bond acceptors (Lipinski definition) is 6. The number of nitrogens with zero attached hydrogens (tertiary/aromatic N) is 4. The zero-order valence-electron chi connectivity index (χ0n) is 20.6. The smallest absolute Gasteiger partial charge is 0.273 e. The van der Waals surface area contributed by atoms with Gasteiger partial charge in [0.25, 0.3) is 5.56 Å².